The summed E-state index contributed by atoms with van der Waals surface area (Å²) in [4.78, 5) is 16.6. The number of unbranched alkanes of at least 4 members (excludes halogenated alkanes) is 9. The number of nitrogens with two attached hydrogens (primary N) is 2. The molecule has 0 saturated carbocycles. The fourth-order valence-electron chi connectivity index (χ4n) is 3.27. The van der Waals surface area contributed by atoms with Crippen molar-refractivity contribution in [3.8, 4) is 0 Å². The number of rotatable bonds is 13. The lowest BCUT2D eigenvalue weighted by Gasteiger charge is -2.17. The molecule has 0 aromatic carbocycles. The molecule has 1 unspecified atom stereocenters. The van der Waals surface area contributed by atoms with Crippen LogP contribution >= 0.6 is 0 Å². The molecule has 2 aromatic heterocycles. The fourth-order valence-corrected chi connectivity index (χ4v) is 3.27. The molecular weight excluding hydrogens is 326 g/mol. The van der Waals surface area contributed by atoms with Crippen LogP contribution in [0.25, 0.3) is 0 Å². The third-order valence-corrected chi connectivity index (χ3v) is 4.70. The van der Waals surface area contributed by atoms with Gasteiger partial charge >= 0.3 is 0 Å². The van der Waals surface area contributed by atoms with Gasteiger partial charge in [-0.1, -0.05) is 71.1 Å². The van der Waals surface area contributed by atoms with Gasteiger partial charge in [0.1, 0.15) is 0 Å². The first-order valence-corrected chi connectivity index (χ1v) is 9.95. The Balaban J connectivity index is 1.75. The minimum atomic E-state index is -0.000793. The molecule has 0 amide bonds. The fraction of sp³-hybridized carbons (Fsp3) is 0.684. The molecule has 0 aliphatic rings. The summed E-state index contributed by atoms with van der Waals surface area (Å²) >= 11 is 0. The SMILES string of the molecule is CCCCCCCCCCCCC(c1nc(N)nc(N)n1)n1ccnc1. The van der Waals surface area contributed by atoms with Crippen LogP contribution in [0, 0.1) is 0 Å². The van der Waals surface area contributed by atoms with Gasteiger partial charge in [0.2, 0.25) is 11.9 Å². The van der Waals surface area contributed by atoms with Crippen molar-refractivity contribution >= 4 is 11.9 Å². The largest absolute Gasteiger partial charge is 0.368 e. The van der Waals surface area contributed by atoms with Crippen LogP contribution in [-0.2, 0) is 0 Å². The molecule has 0 saturated heterocycles. The maximum atomic E-state index is 5.74. The maximum absolute atomic E-state index is 5.74. The molecule has 1 atom stereocenters. The van der Waals surface area contributed by atoms with Gasteiger partial charge in [-0.05, 0) is 6.42 Å². The van der Waals surface area contributed by atoms with E-state index in [1.807, 2.05) is 10.8 Å². The van der Waals surface area contributed by atoms with Crippen molar-refractivity contribution in [1.29, 1.82) is 0 Å². The van der Waals surface area contributed by atoms with Crippen molar-refractivity contribution in [3.63, 3.8) is 0 Å². The monoisotopic (exact) mass is 359 g/mol. The highest BCUT2D eigenvalue weighted by Crippen LogP contribution is 2.23. The van der Waals surface area contributed by atoms with E-state index in [2.05, 4.69) is 26.9 Å². The first kappa shape index (κ1) is 20.1. The smallest absolute Gasteiger partial charge is 0.225 e. The van der Waals surface area contributed by atoms with E-state index in [0.717, 1.165) is 12.8 Å². The second kappa shape index (κ2) is 11.4. The summed E-state index contributed by atoms with van der Waals surface area (Å²) in [6.07, 6.45) is 19.6. The van der Waals surface area contributed by atoms with E-state index in [4.69, 9.17) is 11.5 Å². The number of imidazole rings is 1. The molecule has 144 valence electrons. The summed E-state index contributed by atoms with van der Waals surface area (Å²) in [5.41, 5.74) is 11.5. The van der Waals surface area contributed by atoms with E-state index in [-0.39, 0.29) is 17.9 Å². The summed E-state index contributed by atoms with van der Waals surface area (Å²) in [6, 6.07) is -0.000793. The van der Waals surface area contributed by atoms with E-state index in [9.17, 15) is 0 Å². The lowest BCUT2D eigenvalue weighted by Crippen LogP contribution is -2.16. The quantitative estimate of drug-likeness (QED) is 0.520. The van der Waals surface area contributed by atoms with Gasteiger partial charge < -0.3 is 16.0 Å². The Morgan fingerprint density at radius 1 is 0.846 bits per heavy atom. The normalized spacial score (nSPS) is 12.3. The van der Waals surface area contributed by atoms with Crippen molar-refractivity contribution in [1.82, 2.24) is 24.5 Å². The highest BCUT2D eigenvalue weighted by atomic mass is 15.2. The van der Waals surface area contributed by atoms with E-state index in [0.29, 0.717) is 5.82 Å². The van der Waals surface area contributed by atoms with E-state index >= 15 is 0 Å². The molecule has 0 aliphatic heterocycles. The molecule has 0 bridgehead atoms. The molecule has 0 fully saturated rings. The van der Waals surface area contributed by atoms with Gasteiger partial charge in [0.05, 0.1) is 12.4 Å². The Morgan fingerprint density at radius 2 is 1.42 bits per heavy atom. The molecule has 4 N–H and O–H groups in total. The number of anilines is 2. The van der Waals surface area contributed by atoms with E-state index in [1.165, 1.54) is 57.8 Å². The molecule has 2 rings (SSSR count). The molecule has 0 aliphatic carbocycles. The van der Waals surface area contributed by atoms with Crippen molar-refractivity contribution in [3.05, 3.63) is 24.5 Å². The van der Waals surface area contributed by atoms with Gasteiger partial charge in [0.15, 0.2) is 5.82 Å². The molecule has 2 heterocycles. The highest BCUT2D eigenvalue weighted by Gasteiger charge is 2.17. The zero-order valence-corrected chi connectivity index (χ0v) is 16.0. The third-order valence-electron chi connectivity index (χ3n) is 4.70. The van der Waals surface area contributed by atoms with Gasteiger partial charge in [-0.15, -0.1) is 0 Å². The van der Waals surface area contributed by atoms with Crippen molar-refractivity contribution < 1.29 is 0 Å². The average molecular weight is 360 g/mol. The van der Waals surface area contributed by atoms with Gasteiger partial charge in [0, 0.05) is 12.4 Å². The Hall–Kier alpha value is -2.18. The molecule has 7 heteroatoms. The van der Waals surface area contributed by atoms with Crippen LogP contribution in [0.4, 0.5) is 11.9 Å². The third kappa shape index (κ3) is 6.98. The lowest BCUT2D eigenvalue weighted by molar-refractivity contribution is 0.470. The number of hydrogen-bond donors (Lipinski definition) is 2. The summed E-state index contributed by atoms with van der Waals surface area (Å²) in [5, 5.41) is 0. The van der Waals surface area contributed by atoms with Gasteiger partial charge in [-0.2, -0.15) is 15.0 Å². The second-order valence-electron chi connectivity index (χ2n) is 6.91. The number of aromatic nitrogens is 5. The number of hydrogen-bond acceptors (Lipinski definition) is 6. The summed E-state index contributed by atoms with van der Waals surface area (Å²) < 4.78 is 2.02. The van der Waals surface area contributed by atoms with Crippen LogP contribution in [0.15, 0.2) is 18.7 Å². The number of nitrogens with zero attached hydrogens (tertiary/aromatic N) is 5. The summed E-state index contributed by atoms with van der Waals surface area (Å²) in [6.45, 7) is 2.26. The van der Waals surface area contributed by atoms with Crippen molar-refractivity contribution in [2.75, 3.05) is 11.5 Å². The van der Waals surface area contributed by atoms with Gasteiger partial charge in [-0.3, -0.25) is 0 Å². The minimum absolute atomic E-state index is 0.000793. The molecule has 2 aromatic rings. The van der Waals surface area contributed by atoms with E-state index < -0.39 is 0 Å². The predicted octanol–water partition coefficient (Wildman–Crippen LogP) is 4.13. The highest BCUT2D eigenvalue weighted by molar-refractivity contribution is 5.27. The second-order valence-corrected chi connectivity index (χ2v) is 6.91. The molecule has 0 spiro atoms. The van der Waals surface area contributed by atoms with Gasteiger partial charge in [-0.25, -0.2) is 4.98 Å². The first-order chi connectivity index (χ1) is 12.7. The Bertz CT molecular complexity index is 592. The molecule has 7 nitrogen and oxygen atoms in total. The lowest BCUT2D eigenvalue weighted by atomic mass is 10.0. The molecule has 0 radical (unpaired) electrons. The predicted molar refractivity (Wildman–Crippen MR) is 105 cm³/mol. The summed E-state index contributed by atoms with van der Waals surface area (Å²) in [7, 11) is 0. The van der Waals surface area contributed by atoms with Crippen LogP contribution in [-0.4, -0.2) is 24.5 Å². The standard InChI is InChI=1S/C19H33N7/c1-2-3-4-5-6-7-8-9-10-11-12-16(26-14-13-22-15-26)17-23-18(20)25-19(21)24-17/h13-16H,2-12H2,1H3,(H4,20,21,23,24,25). The van der Waals surface area contributed by atoms with Crippen molar-refractivity contribution in [2.45, 2.75) is 83.6 Å². The summed E-state index contributed by atoms with van der Waals surface area (Å²) in [5.74, 6) is 0.949. The first-order valence-electron chi connectivity index (χ1n) is 9.95. The van der Waals surface area contributed by atoms with Crippen LogP contribution in [0.5, 0.6) is 0 Å². The van der Waals surface area contributed by atoms with E-state index in [1.54, 1.807) is 12.5 Å². The zero-order valence-electron chi connectivity index (χ0n) is 16.0. The zero-order chi connectivity index (χ0) is 18.6. The Kier molecular flexibility index (Phi) is 8.86. The number of nitrogen functional groups attached to an aromatic ring is 2. The van der Waals surface area contributed by atoms with Crippen LogP contribution < -0.4 is 11.5 Å². The molecule has 26 heavy (non-hydrogen) atoms. The topological polar surface area (TPSA) is 109 Å². The minimum Gasteiger partial charge on any atom is -0.368 e. The van der Waals surface area contributed by atoms with Crippen LogP contribution in [0.2, 0.25) is 0 Å². The van der Waals surface area contributed by atoms with Crippen LogP contribution in [0.1, 0.15) is 89.4 Å². The molecular formula is C19H33N7. The van der Waals surface area contributed by atoms with Crippen LogP contribution in [0.3, 0.4) is 0 Å². The van der Waals surface area contributed by atoms with Gasteiger partial charge in [0.25, 0.3) is 0 Å². The Labute approximate surface area is 156 Å². The average Bonchev–Trinajstić information content (AvgIpc) is 3.13. The van der Waals surface area contributed by atoms with Crippen molar-refractivity contribution in [2.24, 2.45) is 0 Å². The Morgan fingerprint density at radius 3 is 1.96 bits per heavy atom. The maximum Gasteiger partial charge on any atom is 0.225 e.